The number of aromatic hydroxyl groups is 2. The number of esters is 1. The van der Waals surface area contributed by atoms with E-state index in [1.54, 1.807) is 72.8 Å². The number of aliphatic hydroxyl groups is 2. The number of carbonyl (C=O) groups excluding carboxylic acids is 9. The zero-order chi connectivity index (χ0) is 74.2. The highest BCUT2D eigenvalue weighted by atomic mass is 16.7. The lowest BCUT2D eigenvalue weighted by Gasteiger charge is -2.46. The fourth-order valence-electron chi connectivity index (χ4n) is 14.4. The van der Waals surface area contributed by atoms with Gasteiger partial charge in [-0.1, -0.05) is 92.2 Å². The zero-order valence-corrected chi connectivity index (χ0v) is 60.1. The Morgan fingerprint density at radius 1 is 0.832 bits per heavy atom. The van der Waals surface area contributed by atoms with E-state index < -0.39 is 119 Å². The van der Waals surface area contributed by atoms with Gasteiger partial charge in [-0.15, -0.1) is 0 Å². The van der Waals surface area contributed by atoms with Crippen molar-refractivity contribution >= 4 is 75.4 Å². The molecule has 5 aliphatic rings. The van der Waals surface area contributed by atoms with Gasteiger partial charge >= 0.3 is 17.8 Å². The topological polar surface area (TPSA) is 386 Å². The number of hydrogen-bond acceptors (Lipinski definition) is 19. The average Bonchev–Trinajstić information content (AvgIpc) is 1.56. The number of piperidine rings is 1. The number of quaternary nitrogens is 1. The molecule has 0 unspecified atom stereocenters. The number of rotatable bonds is 22. The predicted octanol–water partition coefficient (Wildman–Crippen LogP) is 5.96. The van der Waals surface area contributed by atoms with Gasteiger partial charge in [0.25, 0.3) is 23.5 Å². The minimum atomic E-state index is -2.07. The van der Waals surface area contributed by atoms with E-state index in [0.29, 0.717) is 61.9 Å². The number of Topliss-reactive ketones (excluding diaryl/α,β-unsaturated/α-hetero) is 1. The number of carbonyl (C=O) groups is 9. The Hall–Kier alpha value is -9.05. The minimum Gasteiger partial charge on any atom is -0.507 e. The Morgan fingerprint density at radius 3 is 2.12 bits per heavy atom. The number of ketones is 1. The van der Waals surface area contributed by atoms with Gasteiger partial charge in [0.1, 0.15) is 47.3 Å². The van der Waals surface area contributed by atoms with Crippen LogP contribution >= 0.6 is 0 Å². The smallest absolute Gasteiger partial charge is 0.312 e. The first kappa shape index (κ1) is 77.7. The van der Waals surface area contributed by atoms with Crippen LogP contribution in [0, 0.1) is 42.4 Å². The molecule has 8 rings (SSSR count). The van der Waals surface area contributed by atoms with Gasteiger partial charge in [-0.3, -0.25) is 53.2 Å². The molecule has 0 aromatic heterocycles. The van der Waals surface area contributed by atoms with E-state index in [4.69, 9.17) is 34.7 Å². The predicted molar refractivity (Wildman–Crippen MR) is 375 cm³/mol. The summed E-state index contributed by atoms with van der Waals surface area (Å²) in [5.74, 6) is -10.1. The van der Waals surface area contributed by atoms with Gasteiger partial charge < -0.3 is 76.2 Å². The van der Waals surface area contributed by atoms with E-state index in [9.17, 15) is 58.8 Å². The number of primary amides is 1. The molecule has 11 N–H and O–H groups in total. The summed E-state index contributed by atoms with van der Waals surface area (Å²) in [5.41, 5.74) is 5.58. The molecular formula is C74H101N10O17+. The van der Waals surface area contributed by atoms with Crippen LogP contribution in [-0.4, -0.2) is 171 Å². The van der Waals surface area contributed by atoms with Crippen LogP contribution in [0.5, 0.6) is 17.2 Å². The molecule has 27 heteroatoms. The molecule has 3 aromatic carbocycles. The molecule has 8 amide bonds. The summed E-state index contributed by atoms with van der Waals surface area (Å²) in [7, 11) is 1.44. The molecule has 0 saturated carbocycles. The maximum atomic E-state index is 15.2. The highest BCUT2D eigenvalue weighted by Gasteiger charge is 2.51. The summed E-state index contributed by atoms with van der Waals surface area (Å²) >= 11 is 0. The van der Waals surface area contributed by atoms with Gasteiger partial charge in [0.05, 0.1) is 60.5 Å². The van der Waals surface area contributed by atoms with Crippen molar-refractivity contribution in [3.8, 4) is 17.2 Å². The molecular weight excluding hydrogens is 1300 g/mol. The Balaban J connectivity index is 1.06. The first-order valence-corrected chi connectivity index (χ1v) is 34.9. The van der Waals surface area contributed by atoms with E-state index in [2.05, 4.69) is 40.4 Å². The van der Waals surface area contributed by atoms with E-state index >= 15 is 4.79 Å². The monoisotopic (exact) mass is 1400 g/mol. The number of anilines is 2. The number of methoxy groups -OCH3 is 1. The third-order valence-electron chi connectivity index (χ3n) is 20.1. The van der Waals surface area contributed by atoms with Gasteiger partial charge in [-0.05, 0) is 63.7 Å². The second kappa shape index (κ2) is 32.7. The van der Waals surface area contributed by atoms with Crippen molar-refractivity contribution < 1.29 is 87.0 Å². The third-order valence-corrected chi connectivity index (χ3v) is 20.1. The van der Waals surface area contributed by atoms with E-state index in [0.717, 1.165) is 17.0 Å². The van der Waals surface area contributed by atoms with Crippen LogP contribution in [0.25, 0.3) is 10.8 Å². The number of unbranched alkanes of at least 4 members (excludes halogenated alkanes) is 2. The summed E-state index contributed by atoms with van der Waals surface area (Å²) in [5, 5.41) is 62.1. The first-order valence-electron chi connectivity index (χ1n) is 34.9. The third kappa shape index (κ3) is 17.8. The maximum Gasteiger partial charge on any atom is 0.312 e. The van der Waals surface area contributed by atoms with E-state index in [-0.39, 0.29) is 112 Å². The number of benzene rings is 3. The number of likely N-dealkylation sites (tertiary alicyclic amines) is 1. The first-order chi connectivity index (χ1) is 47.6. The number of phenols is 2. The molecule has 11 atom stereocenters. The van der Waals surface area contributed by atoms with Crippen molar-refractivity contribution in [1.82, 2.24) is 20.9 Å². The van der Waals surface area contributed by atoms with Gasteiger partial charge in [-0.2, -0.15) is 0 Å². The summed E-state index contributed by atoms with van der Waals surface area (Å²) < 4.78 is 24.9. The van der Waals surface area contributed by atoms with Crippen molar-refractivity contribution in [2.75, 3.05) is 50.5 Å². The summed E-state index contributed by atoms with van der Waals surface area (Å²) in [6, 6.07) is 4.55. The van der Waals surface area contributed by atoms with Crippen LogP contribution in [0.2, 0.25) is 0 Å². The quantitative estimate of drug-likeness (QED) is 0.0182. The Bertz CT molecular complexity index is 3910. The summed E-state index contributed by atoms with van der Waals surface area (Å²) in [6.07, 6.45) is 8.69. The van der Waals surface area contributed by atoms with E-state index in [1.807, 2.05) is 12.1 Å². The molecule has 0 radical (unpaired) electrons. The second-order valence-electron chi connectivity index (χ2n) is 28.7. The lowest BCUT2D eigenvalue weighted by molar-refractivity contribution is -0.948. The Labute approximate surface area is 588 Å². The van der Waals surface area contributed by atoms with Crippen LogP contribution in [-0.2, 0) is 54.3 Å². The van der Waals surface area contributed by atoms with Gasteiger partial charge in [0.2, 0.25) is 17.7 Å². The number of urea groups is 1. The van der Waals surface area contributed by atoms with Crippen LogP contribution in [0.15, 0.2) is 82.5 Å². The molecule has 4 bridgehead atoms. The fraction of sp³-hybridized carbons (Fsp3) is 0.554. The van der Waals surface area contributed by atoms with Gasteiger partial charge in [0, 0.05) is 123 Å². The molecule has 27 nitrogen and oxygen atoms in total. The summed E-state index contributed by atoms with van der Waals surface area (Å²) in [6.45, 7) is 23.2. The maximum absolute atomic E-state index is 15.2. The summed E-state index contributed by atoms with van der Waals surface area (Å²) in [4.78, 5) is 131. The fourth-order valence-corrected chi connectivity index (χ4v) is 14.4. The normalized spacial score (nSPS) is 26.9. The lowest BCUT2D eigenvalue weighted by Crippen LogP contribution is -2.57. The molecule has 3 aromatic rings. The van der Waals surface area contributed by atoms with Crippen molar-refractivity contribution in [2.24, 2.45) is 51.2 Å². The van der Waals surface area contributed by atoms with Crippen LogP contribution in [0.3, 0.4) is 0 Å². The van der Waals surface area contributed by atoms with Crippen LogP contribution in [0.4, 0.5) is 16.2 Å². The van der Waals surface area contributed by atoms with E-state index in [1.165, 1.54) is 58.4 Å². The Morgan fingerprint density at radius 2 is 1.50 bits per heavy atom. The van der Waals surface area contributed by atoms with Crippen molar-refractivity contribution in [3.63, 3.8) is 0 Å². The number of hydrogen-bond donors (Lipinski definition) is 10. The Kier molecular flexibility index (Phi) is 25.2. The number of nitrogens with two attached hydrogens (primary N) is 1. The standard InChI is InChI=1S/C74H100N10O17/c1-39(2)37-84(38-48-23-25-49(26-24-48)77-70(95)50(21-18-32-76-72(75)97)78-71(96)58(40(3)4)79-52(86)22-15-14-16-33-83-53(87)27-28-54(83)88)34-30-74(31-35-84)81-59-55-56-64(91)46(10)67-57(55)68(93)73(12,101-67)99-36-29-51(98-13)43(7)66(100-47(11)85)45(9)63(90)44(8)62(89)41(5)19-17-20-42(6)69(94)80-61(65(56)92)60(59)82-74/h17,19-20,23-29,36,39-41,43-45,50-51,58,62-63,66,89-90H,14-16,18,21-22,30-35,37-38H2,1-13H3,(H8-,75,76,77,78,79,80,81,82,86,87,88,91,92,93,94,95,96,97)/p+1/b19-17?,36-29+,42-20?/t41-,43+,44+,45+,50-,51-,58-,62-,63+,66+,73-,74?,84?/m0/s1. The number of nitrogens with one attached hydrogen (secondary N) is 5. The molecule has 101 heavy (non-hydrogen) atoms. The molecule has 0 aliphatic carbocycles. The molecule has 1 spiro atoms. The highest BCUT2D eigenvalue weighted by Crippen LogP contribution is 2.50. The van der Waals surface area contributed by atoms with Gasteiger partial charge in [-0.25, -0.2) is 4.79 Å². The number of nitrogens with zero attached hydrogens (tertiary/aromatic N) is 4. The van der Waals surface area contributed by atoms with Crippen LogP contribution < -0.4 is 47.8 Å². The number of phenolic OH excluding ortho intramolecular Hbond substituents is 2. The number of allylic oxidation sites excluding steroid dienone is 2. The minimum absolute atomic E-state index is 0.0314. The van der Waals surface area contributed by atoms with Gasteiger partial charge in [0.15, 0.2) is 11.4 Å². The molecule has 548 valence electrons. The molecule has 5 heterocycles. The van der Waals surface area contributed by atoms with Crippen molar-refractivity contribution in [3.05, 3.63) is 100.0 Å². The zero-order valence-electron chi connectivity index (χ0n) is 60.1. The number of ether oxygens (including phenoxy) is 4. The second-order valence-corrected chi connectivity index (χ2v) is 28.7. The number of fused-ring (bicyclic) bond motifs is 1. The number of aliphatic hydroxyl groups excluding tert-OH is 2. The largest absolute Gasteiger partial charge is 0.507 e. The van der Waals surface area contributed by atoms with Crippen molar-refractivity contribution in [1.29, 1.82) is 0 Å². The van der Waals surface area contributed by atoms with Crippen molar-refractivity contribution in [2.45, 2.75) is 189 Å². The van der Waals surface area contributed by atoms with Crippen LogP contribution in [0.1, 0.15) is 149 Å². The molecule has 1 fully saturated rings. The molecule has 1 saturated heterocycles. The number of imide groups is 1. The highest BCUT2D eigenvalue weighted by molar-refractivity contribution is 6.20. The molecule has 5 aliphatic heterocycles. The average molecular weight is 1400 g/mol. The SMILES string of the molecule is CO[C@H]1/C=C/O[C@@]2(C)Oc3c(C)c(O)c4c(O)c(c5c(c4c3C2=O)=NC2(CC[N+](Cc3ccc(NC(=O)[C@H](CCCNC(N)=O)NC(=O)[C@@H](NC(=O)CCCCCN4C(=O)C=CC4=O)C(C)C)cc3)(CC(C)C)CC2)N=5)NC(=O)C(C)=CC=C[C@H](C)[C@H](O)[C@@H](C)[C@@H](O)[C@@H](C)[C@H](OC(C)=O)[C@@H]1C. The number of amides is 8. The lowest BCUT2D eigenvalue weighted by atomic mass is 9.78.